The van der Waals surface area contributed by atoms with Crippen molar-refractivity contribution in [3.05, 3.63) is 27.4 Å². The van der Waals surface area contributed by atoms with Crippen LogP contribution in [0.4, 0.5) is 0 Å². The minimum Gasteiger partial charge on any atom is -0.374 e. The lowest BCUT2D eigenvalue weighted by molar-refractivity contribution is 0.128. The summed E-state index contributed by atoms with van der Waals surface area (Å²) in [6, 6.07) is 0. The number of aryl methyl sites for hydroxylation is 1. The van der Waals surface area contributed by atoms with Gasteiger partial charge in [-0.1, -0.05) is 0 Å². The maximum atomic E-state index is 11.5. The van der Waals surface area contributed by atoms with E-state index in [0.29, 0.717) is 19.0 Å². The lowest BCUT2D eigenvalue weighted by Crippen LogP contribution is -2.17. The van der Waals surface area contributed by atoms with Crippen LogP contribution in [0.1, 0.15) is 30.4 Å². The lowest BCUT2D eigenvalue weighted by atomic mass is 10.2. The molecule has 4 nitrogen and oxygen atoms in total. The second kappa shape index (κ2) is 3.92. The molecule has 0 saturated heterocycles. The highest BCUT2D eigenvalue weighted by molar-refractivity contribution is 5.22. The minimum absolute atomic E-state index is 0.0159. The summed E-state index contributed by atoms with van der Waals surface area (Å²) in [6.07, 6.45) is 2.84. The van der Waals surface area contributed by atoms with Crippen LogP contribution >= 0.6 is 0 Å². The van der Waals surface area contributed by atoms with Crippen molar-refractivity contribution in [2.45, 2.75) is 32.8 Å². The predicted molar refractivity (Wildman–Crippen MR) is 52.2 cm³/mol. The van der Waals surface area contributed by atoms with Crippen LogP contribution in [0.5, 0.6) is 0 Å². The number of nitrogens with one attached hydrogen (secondary N) is 1. The summed E-state index contributed by atoms with van der Waals surface area (Å²) < 4.78 is 5.20. The smallest absolute Gasteiger partial charge is 0.254 e. The zero-order valence-electron chi connectivity index (χ0n) is 8.30. The van der Waals surface area contributed by atoms with Crippen molar-refractivity contribution in [3.8, 4) is 0 Å². The van der Waals surface area contributed by atoms with Crippen LogP contribution in [-0.2, 0) is 24.2 Å². The first-order valence-corrected chi connectivity index (χ1v) is 5.00. The van der Waals surface area contributed by atoms with Gasteiger partial charge in [0, 0.05) is 12.2 Å². The van der Waals surface area contributed by atoms with Gasteiger partial charge in [0.25, 0.3) is 5.56 Å². The van der Waals surface area contributed by atoms with Crippen molar-refractivity contribution in [2.75, 3.05) is 6.61 Å². The molecule has 1 aliphatic carbocycles. The fourth-order valence-electron chi connectivity index (χ4n) is 1.76. The Kier molecular flexibility index (Phi) is 2.63. The molecule has 14 heavy (non-hydrogen) atoms. The molecular formula is C10H14N2O2. The Morgan fingerprint density at radius 1 is 1.50 bits per heavy atom. The number of rotatable bonds is 3. The van der Waals surface area contributed by atoms with Gasteiger partial charge in [-0.3, -0.25) is 4.79 Å². The lowest BCUT2D eigenvalue weighted by Gasteiger charge is -2.03. The molecule has 0 aliphatic heterocycles. The van der Waals surface area contributed by atoms with E-state index in [1.807, 2.05) is 6.92 Å². The average Bonchev–Trinajstić information content (AvgIpc) is 2.63. The third-order valence-electron chi connectivity index (χ3n) is 2.43. The van der Waals surface area contributed by atoms with Gasteiger partial charge in [-0.15, -0.1) is 0 Å². The van der Waals surface area contributed by atoms with Crippen LogP contribution in [0.15, 0.2) is 4.79 Å². The van der Waals surface area contributed by atoms with E-state index in [-0.39, 0.29) is 5.56 Å². The average molecular weight is 194 g/mol. The molecule has 0 radical (unpaired) electrons. The summed E-state index contributed by atoms with van der Waals surface area (Å²) >= 11 is 0. The summed E-state index contributed by atoms with van der Waals surface area (Å²) in [5, 5.41) is 0. The van der Waals surface area contributed by atoms with Crippen LogP contribution in [0.3, 0.4) is 0 Å². The predicted octanol–water partition coefficient (Wildman–Crippen LogP) is 0.795. The van der Waals surface area contributed by atoms with E-state index in [1.54, 1.807) is 0 Å². The van der Waals surface area contributed by atoms with Crippen molar-refractivity contribution in [3.63, 3.8) is 0 Å². The molecule has 1 aliphatic rings. The van der Waals surface area contributed by atoms with E-state index >= 15 is 0 Å². The fraction of sp³-hybridized carbons (Fsp3) is 0.600. The van der Waals surface area contributed by atoms with Crippen LogP contribution in [0.25, 0.3) is 0 Å². The SMILES string of the molecule is CCOCc1nc2c(c(=O)[nH]1)CCC2. The zero-order chi connectivity index (χ0) is 9.97. The van der Waals surface area contributed by atoms with Crippen molar-refractivity contribution in [1.82, 2.24) is 9.97 Å². The van der Waals surface area contributed by atoms with Gasteiger partial charge in [0.1, 0.15) is 12.4 Å². The van der Waals surface area contributed by atoms with Crippen molar-refractivity contribution in [2.24, 2.45) is 0 Å². The highest BCUT2D eigenvalue weighted by atomic mass is 16.5. The Labute approximate surface area is 82.3 Å². The van der Waals surface area contributed by atoms with E-state index in [4.69, 9.17) is 4.74 Å². The number of H-pyrrole nitrogens is 1. The van der Waals surface area contributed by atoms with Crippen LogP contribution in [-0.4, -0.2) is 16.6 Å². The van der Waals surface area contributed by atoms with Gasteiger partial charge in [0.05, 0.1) is 5.69 Å². The molecule has 0 atom stereocenters. The maximum Gasteiger partial charge on any atom is 0.254 e. The second-order valence-electron chi connectivity index (χ2n) is 3.43. The van der Waals surface area contributed by atoms with Gasteiger partial charge in [0.2, 0.25) is 0 Å². The molecule has 0 aromatic carbocycles. The van der Waals surface area contributed by atoms with Gasteiger partial charge >= 0.3 is 0 Å². The minimum atomic E-state index is 0.0159. The number of aromatic amines is 1. The van der Waals surface area contributed by atoms with Crippen molar-refractivity contribution >= 4 is 0 Å². The van der Waals surface area contributed by atoms with E-state index in [0.717, 1.165) is 30.5 Å². The first-order valence-electron chi connectivity index (χ1n) is 5.00. The molecule has 0 amide bonds. The molecule has 1 aromatic rings. The third-order valence-corrected chi connectivity index (χ3v) is 2.43. The Morgan fingerprint density at radius 3 is 3.14 bits per heavy atom. The molecular weight excluding hydrogens is 180 g/mol. The van der Waals surface area contributed by atoms with Gasteiger partial charge in [-0.2, -0.15) is 0 Å². The van der Waals surface area contributed by atoms with Gasteiger partial charge in [0.15, 0.2) is 0 Å². The van der Waals surface area contributed by atoms with E-state index in [1.165, 1.54) is 0 Å². The maximum absolute atomic E-state index is 11.5. The Balaban J connectivity index is 2.28. The van der Waals surface area contributed by atoms with Crippen LogP contribution < -0.4 is 5.56 Å². The van der Waals surface area contributed by atoms with Crippen molar-refractivity contribution < 1.29 is 4.74 Å². The van der Waals surface area contributed by atoms with Crippen LogP contribution in [0, 0.1) is 0 Å². The molecule has 0 unspecified atom stereocenters. The quantitative estimate of drug-likeness (QED) is 0.774. The molecule has 2 rings (SSSR count). The molecule has 4 heteroatoms. The Morgan fingerprint density at radius 2 is 2.36 bits per heavy atom. The van der Waals surface area contributed by atoms with Crippen LogP contribution in [0.2, 0.25) is 0 Å². The number of hydrogen-bond acceptors (Lipinski definition) is 3. The highest BCUT2D eigenvalue weighted by Crippen LogP contribution is 2.15. The molecule has 0 bridgehead atoms. The van der Waals surface area contributed by atoms with E-state index in [2.05, 4.69) is 9.97 Å². The third kappa shape index (κ3) is 1.70. The summed E-state index contributed by atoms with van der Waals surface area (Å²) in [5.41, 5.74) is 1.84. The Hall–Kier alpha value is -1.16. The topological polar surface area (TPSA) is 55.0 Å². The van der Waals surface area contributed by atoms with Gasteiger partial charge in [-0.25, -0.2) is 4.98 Å². The van der Waals surface area contributed by atoms with E-state index in [9.17, 15) is 4.79 Å². The number of ether oxygens (including phenoxy) is 1. The van der Waals surface area contributed by atoms with Crippen molar-refractivity contribution in [1.29, 1.82) is 0 Å². The Bertz CT molecular complexity index is 384. The number of fused-ring (bicyclic) bond motifs is 1. The second-order valence-corrected chi connectivity index (χ2v) is 3.43. The summed E-state index contributed by atoms with van der Waals surface area (Å²) in [7, 11) is 0. The van der Waals surface area contributed by atoms with E-state index < -0.39 is 0 Å². The molecule has 0 fully saturated rings. The molecule has 1 heterocycles. The number of hydrogen-bond donors (Lipinski definition) is 1. The number of aromatic nitrogens is 2. The number of nitrogens with zero attached hydrogens (tertiary/aromatic N) is 1. The first-order chi connectivity index (χ1) is 6.81. The van der Waals surface area contributed by atoms with Gasteiger partial charge in [-0.05, 0) is 26.2 Å². The zero-order valence-corrected chi connectivity index (χ0v) is 8.30. The molecule has 76 valence electrons. The molecule has 0 spiro atoms. The molecule has 1 aromatic heterocycles. The summed E-state index contributed by atoms with van der Waals surface area (Å²) in [4.78, 5) is 18.7. The summed E-state index contributed by atoms with van der Waals surface area (Å²) in [6.45, 7) is 2.96. The summed E-state index contributed by atoms with van der Waals surface area (Å²) in [5.74, 6) is 0.650. The largest absolute Gasteiger partial charge is 0.374 e. The monoisotopic (exact) mass is 194 g/mol. The standard InChI is InChI=1S/C10H14N2O2/c1-2-14-6-9-11-8-5-3-4-7(8)10(13)12-9/h2-6H2,1H3,(H,11,12,13). The molecule has 0 saturated carbocycles. The highest BCUT2D eigenvalue weighted by Gasteiger charge is 2.16. The first kappa shape index (κ1) is 9.40. The molecule has 1 N–H and O–H groups in total. The van der Waals surface area contributed by atoms with Gasteiger partial charge < -0.3 is 9.72 Å². The fourth-order valence-corrected chi connectivity index (χ4v) is 1.76. The normalized spacial score (nSPS) is 14.4.